The van der Waals surface area contributed by atoms with E-state index in [1.807, 2.05) is 6.92 Å². The summed E-state index contributed by atoms with van der Waals surface area (Å²) >= 11 is 0. The predicted octanol–water partition coefficient (Wildman–Crippen LogP) is 2.58. The van der Waals surface area contributed by atoms with Gasteiger partial charge >= 0.3 is 12.1 Å². The molecule has 0 aliphatic rings. The molecule has 136 valence electrons. The van der Waals surface area contributed by atoms with E-state index in [0.29, 0.717) is 5.75 Å². The quantitative estimate of drug-likeness (QED) is 0.832. The Bertz CT molecular complexity index is 754. The van der Waals surface area contributed by atoms with Crippen molar-refractivity contribution in [2.45, 2.75) is 25.6 Å². The minimum absolute atomic E-state index is 0.129. The highest BCUT2D eigenvalue weighted by Gasteiger charge is 2.40. The summed E-state index contributed by atoms with van der Waals surface area (Å²) in [5, 5.41) is 3.49. The number of hydrogen-bond donors (Lipinski definition) is 1. The maximum Gasteiger partial charge on any atom is 0.435 e. The average molecular weight is 357 g/mol. The summed E-state index contributed by atoms with van der Waals surface area (Å²) in [5.41, 5.74) is 5.16. The molecule has 0 fully saturated rings. The van der Waals surface area contributed by atoms with E-state index in [1.165, 1.54) is 7.05 Å². The summed E-state index contributed by atoms with van der Waals surface area (Å²) in [6.45, 7) is 1.87. The van der Waals surface area contributed by atoms with Crippen molar-refractivity contribution in [3.8, 4) is 11.6 Å². The first-order chi connectivity index (χ1) is 11.6. The molecule has 0 aliphatic heterocycles. The Hall–Kier alpha value is -2.55. The zero-order valence-electron chi connectivity index (χ0n) is 13.9. The van der Waals surface area contributed by atoms with Crippen LogP contribution in [-0.2, 0) is 29.2 Å². The summed E-state index contributed by atoms with van der Waals surface area (Å²) in [5.74, 6) is -0.607. The Kier molecular flexibility index (Phi) is 5.36. The number of halogens is 3. The number of nitrogens with zero attached hydrogens (tertiary/aromatic N) is 2. The van der Waals surface area contributed by atoms with Gasteiger partial charge in [0.25, 0.3) is 0 Å². The number of carbonyl (C=O) groups is 1. The molecule has 0 radical (unpaired) electrons. The van der Waals surface area contributed by atoms with Crippen LogP contribution < -0.4 is 10.5 Å². The lowest BCUT2D eigenvalue weighted by atomic mass is 10.1. The van der Waals surface area contributed by atoms with Crippen LogP contribution >= 0.6 is 0 Å². The maximum atomic E-state index is 13.3. The second-order valence-corrected chi connectivity index (χ2v) is 5.50. The summed E-state index contributed by atoms with van der Waals surface area (Å²) < 4.78 is 50.9. The molecule has 1 unspecified atom stereocenters. The molecule has 2 rings (SSSR count). The molecule has 1 heterocycles. The van der Waals surface area contributed by atoms with Gasteiger partial charge in [0, 0.05) is 19.0 Å². The molecule has 0 aliphatic carbocycles. The smallest absolute Gasteiger partial charge is 0.435 e. The molecular weight excluding hydrogens is 339 g/mol. The van der Waals surface area contributed by atoms with Crippen LogP contribution in [0.25, 0.3) is 0 Å². The van der Waals surface area contributed by atoms with Gasteiger partial charge in [-0.1, -0.05) is 17.7 Å². The lowest BCUT2D eigenvalue weighted by Crippen LogP contribution is -2.34. The highest BCUT2D eigenvalue weighted by molar-refractivity contribution is 5.76. The molecule has 2 aromatic rings. The third kappa shape index (κ3) is 4.30. The number of aromatic nitrogens is 2. The Morgan fingerprint density at radius 1 is 1.32 bits per heavy atom. The number of ether oxygens (including phenoxy) is 2. The topological polar surface area (TPSA) is 79.4 Å². The van der Waals surface area contributed by atoms with E-state index < -0.39 is 30.3 Å². The first kappa shape index (κ1) is 18.8. The lowest BCUT2D eigenvalue weighted by molar-refractivity contribution is -0.144. The second kappa shape index (κ2) is 7.14. The molecule has 2 N–H and O–H groups in total. The van der Waals surface area contributed by atoms with Crippen LogP contribution in [0.4, 0.5) is 13.2 Å². The van der Waals surface area contributed by atoms with Crippen LogP contribution in [-0.4, -0.2) is 28.9 Å². The largest absolute Gasteiger partial charge is 0.468 e. The van der Waals surface area contributed by atoms with Gasteiger partial charge in [-0.15, -0.1) is 0 Å². The monoisotopic (exact) mass is 357 g/mol. The molecule has 1 aromatic heterocycles. The lowest BCUT2D eigenvalue weighted by Gasteiger charge is -2.13. The van der Waals surface area contributed by atoms with Crippen molar-refractivity contribution >= 4 is 5.97 Å². The summed E-state index contributed by atoms with van der Waals surface area (Å²) in [6, 6.07) is 5.50. The van der Waals surface area contributed by atoms with Gasteiger partial charge in [0.1, 0.15) is 11.8 Å². The number of methoxy groups -OCH3 is 1. The van der Waals surface area contributed by atoms with Gasteiger partial charge in [0.05, 0.1) is 7.11 Å². The first-order valence-electron chi connectivity index (χ1n) is 7.34. The zero-order chi connectivity index (χ0) is 18.8. The Morgan fingerprint density at radius 3 is 2.44 bits per heavy atom. The van der Waals surface area contributed by atoms with Crippen molar-refractivity contribution in [3.05, 3.63) is 41.1 Å². The van der Waals surface area contributed by atoms with Gasteiger partial charge < -0.3 is 15.2 Å². The van der Waals surface area contributed by atoms with Gasteiger partial charge in [0.2, 0.25) is 5.88 Å². The van der Waals surface area contributed by atoms with Crippen LogP contribution in [0.5, 0.6) is 11.6 Å². The molecular formula is C16H18F3N3O3. The predicted molar refractivity (Wildman–Crippen MR) is 83.2 cm³/mol. The number of aryl methyl sites for hydroxylation is 2. The summed E-state index contributed by atoms with van der Waals surface area (Å²) in [7, 11) is 2.44. The van der Waals surface area contributed by atoms with Crippen LogP contribution in [0.1, 0.15) is 16.8 Å². The molecule has 25 heavy (non-hydrogen) atoms. The number of carbonyl (C=O) groups excluding carboxylic acids is 1. The molecule has 9 heteroatoms. The van der Waals surface area contributed by atoms with Crippen LogP contribution in [0.2, 0.25) is 0 Å². The van der Waals surface area contributed by atoms with Crippen molar-refractivity contribution in [3.63, 3.8) is 0 Å². The SMILES string of the molecule is COC(=O)C(N)Cc1c(C(F)(F)F)nn(C)c1Oc1ccc(C)cc1. The van der Waals surface area contributed by atoms with E-state index in [4.69, 9.17) is 10.5 Å². The van der Waals surface area contributed by atoms with E-state index in [9.17, 15) is 18.0 Å². The van der Waals surface area contributed by atoms with Crippen molar-refractivity contribution in [1.29, 1.82) is 0 Å². The number of benzene rings is 1. The third-order valence-electron chi connectivity index (χ3n) is 3.52. The minimum atomic E-state index is -4.71. The average Bonchev–Trinajstić information content (AvgIpc) is 2.85. The van der Waals surface area contributed by atoms with Gasteiger partial charge in [-0.2, -0.15) is 18.3 Å². The Morgan fingerprint density at radius 2 is 1.92 bits per heavy atom. The van der Waals surface area contributed by atoms with Crippen molar-refractivity contribution in [2.24, 2.45) is 12.8 Å². The summed E-state index contributed by atoms with van der Waals surface area (Å²) in [6.07, 6.45) is -5.13. The number of esters is 1. The van der Waals surface area contributed by atoms with E-state index in [-0.39, 0.29) is 11.4 Å². The Balaban J connectivity index is 2.45. The van der Waals surface area contributed by atoms with Crippen molar-refractivity contribution in [2.75, 3.05) is 7.11 Å². The summed E-state index contributed by atoms with van der Waals surface area (Å²) in [4.78, 5) is 11.5. The highest BCUT2D eigenvalue weighted by Crippen LogP contribution is 2.37. The molecule has 1 atom stereocenters. The van der Waals surface area contributed by atoms with Gasteiger partial charge in [-0.05, 0) is 19.1 Å². The minimum Gasteiger partial charge on any atom is -0.468 e. The van der Waals surface area contributed by atoms with Crippen LogP contribution in [0.3, 0.4) is 0 Å². The van der Waals surface area contributed by atoms with Crippen LogP contribution in [0.15, 0.2) is 24.3 Å². The van der Waals surface area contributed by atoms with Crippen molar-refractivity contribution < 1.29 is 27.4 Å². The van der Waals surface area contributed by atoms with Gasteiger partial charge in [0.15, 0.2) is 5.69 Å². The standard InChI is InChI=1S/C16H18F3N3O3/c1-9-4-6-10(7-5-9)25-14-11(8-12(20)15(23)24-3)13(16(17,18)19)21-22(14)2/h4-7,12H,8,20H2,1-3H3. The van der Waals surface area contributed by atoms with E-state index in [1.54, 1.807) is 24.3 Å². The fourth-order valence-electron chi connectivity index (χ4n) is 2.26. The normalized spacial score (nSPS) is 12.8. The van der Waals surface area contributed by atoms with E-state index in [0.717, 1.165) is 17.4 Å². The van der Waals surface area contributed by atoms with Gasteiger partial charge in [-0.25, -0.2) is 4.68 Å². The molecule has 0 saturated carbocycles. The van der Waals surface area contributed by atoms with Crippen LogP contribution in [0, 0.1) is 6.92 Å². The first-order valence-corrected chi connectivity index (χ1v) is 7.34. The van der Waals surface area contributed by atoms with Gasteiger partial charge in [-0.3, -0.25) is 4.79 Å². The molecule has 1 aromatic carbocycles. The molecule has 0 bridgehead atoms. The molecule has 0 amide bonds. The van der Waals surface area contributed by atoms with Crippen molar-refractivity contribution in [1.82, 2.24) is 9.78 Å². The Labute approximate surface area is 142 Å². The number of nitrogens with two attached hydrogens (primary N) is 1. The van der Waals surface area contributed by atoms with E-state index in [2.05, 4.69) is 9.84 Å². The fourth-order valence-corrected chi connectivity index (χ4v) is 2.26. The zero-order valence-corrected chi connectivity index (χ0v) is 13.9. The fraction of sp³-hybridized carbons (Fsp3) is 0.375. The maximum absolute atomic E-state index is 13.3. The molecule has 0 spiro atoms. The highest BCUT2D eigenvalue weighted by atomic mass is 19.4. The second-order valence-electron chi connectivity index (χ2n) is 5.50. The number of rotatable bonds is 5. The van der Waals surface area contributed by atoms with E-state index >= 15 is 0 Å². The number of hydrogen-bond acceptors (Lipinski definition) is 5. The number of alkyl halides is 3. The third-order valence-corrected chi connectivity index (χ3v) is 3.52. The molecule has 6 nitrogen and oxygen atoms in total. The molecule has 0 saturated heterocycles.